The normalized spacial score (nSPS) is 18.2. The highest BCUT2D eigenvalue weighted by Crippen LogP contribution is 2.29. The van der Waals surface area contributed by atoms with Gasteiger partial charge in [-0.25, -0.2) is 4.79 Å². The van der Waals surface area contributed by atoms with E-state index in [0.717, 1.165) is 18.7 Å². The molecule has 2 amide bonds. The number of carbonyl (C=O) groups excluding carboxylic acids is 1. The topological polar surface area (TPSA) is 72.9 Å². The summed E-state index contributed by atoms with van der Waals surface area (Å²) >= 11 is 0. The summed E-state index contributed by atoms with van der Waals surface area (Å²) < 4.78 is 0. The van der Waals surface area contributed by atoms with Gasteiger partial charge < -0.3 is 20.2 Å². The Kier molecular flexibility index (Phi) is 3.92. The van der Waals surface area contributed by atoms with Crippen molar-refractivity contribution in [1.82, 2.24) is 4.90 Å². The molecule has 6 heteroatoms. The molecule has 118 valence electrons. The summed E-state index contributed by atoms with van der Waals surface area (Å²) in [6.45, 7) is 2.00. The van der Waals surface area contributed by atoms with Crippen molar-refractivity contribution < 1.29 is 14.7 Å². The van der Waals surface area contributed by atoms with Gasteiger partial charge in [0.25, 0.3) is 0 Å². The Labute approximate surface area is 129 Å². The summed E-state index contributed by atoms with van der Waals surface area (Å²) in [4.78, 5) is 27.1. The summed E-state index contributed by atoms with van der Waals surface area (Å²) in [5.74, 6) is -1.08. The lowest BCUT2D eigenvalue weighted by Crippen LogP contribution is -2.42. The van der Waals surface area contributed by atoms with E-state index in [2.05, 4.69) is 16.3 Å². The van der Waals surface area contributed by atoms with E-state index < -0.39 is 5.97 Å². The van der Waals surface area contributed by atoms with E-state index >= 15 is 0 Å². The minimum Gasteiger partial charge on any atom is -0.481 e. The first-order valence-electron chi connectivity index (χ1n) is 7.67. The highest BCUT2D eigenvalue weighted by atomic mass is 16.4. The number of nitrogens with zero attached hydrogens (tertiary/aromatic N) is 2. The van der Waals surface area contributed by atoms with Gasteiger partial charge in [-0.2, -0.15) is 0 Å². The molecule has 2 N–H and O–H groups in total. The van der Waals surface area contributed by atoms with Crippen molar-refractivity contribution >= 4 is 23.4 Å². The summed E-state index contributed by atoms with van der Waals surface area (Å²) in [7, 11) is 2.05. The Hall–Kier alpha value is -2.24. The number of rotatable bonds is 2. The third-order valence-corrected chi connectivity index (χ3v) is 4.60. The molecule has 0 radical (unpaired) electrons. The van der Waals surface area contributed by atoms with Gasteiger partial charge in [0.15, 0.2) is 0 Å². The Morgan fingerprint density at radius 3 is 2.64 bits per heavy atom. The average Bonchev–Trinajstić information content (AvgIpc) is 2.88. The number of fused-ring (bicyclic) bond motifs is 1. The van der Waals surface area contributed by atoms with Gasteiger partial charge in [0.2, 0.25) is 0 Å². The average molecular weight is 303 g/mol. The van der Waals surface area contributed by atoms with Crippen molar-refractivity contribution in [1.29, 1.82) is 0 Å². The van der Waals surface area contributed by atoms with Crippen LogP contribution in [0.5, 0.6) is 0 Å². The fourth-order valence-electron chi connectivity index (χ4n) is 3.15. The van der Waals surface area contributed by atoms with Gasteiger partial charge in [-0.15, -0.1) is 0 Å². The van der Waals surface area contributed by atoms with Gasteiger partial charge in [-0.05, 0) is 37.0 Å². The van der Waals surface area contributed by atoms with Crippen LogP contribution in [0.3, 0.4) is 0 Å². The van der Waals surface area contributed by atoms with Gasteiger partial charge in [-0.3, -0.25) is 4.79 Å². The van der Waals surface area contributed by atoms with E-state index in [0.29, 0.717) is 25.9 Å². The number of carboxylic acids is 1. The number of likely N-dealkylation sites (N-methyl/N-ethyl adjacent to an activating group) is 1. The van der Waals surface area contributed by atoms with Crippen LogP contribution < -0.4 is 10.2 Å². The Morgan fingerprint density at radius 2 is 1.95 bits per heavy atom. The second kappa shape index (κ2) is 5.87. The molecule has 0 atom stereocenters. The number of piperidine rings is 1. The van der Waals surface area contributed by atoms with Crippen LogP contribution in [0, 0.1) is 5.92 Å². The van der Waals surface area contributed by atoms with Crippen LogP contribution in [-0.4, -0.2) is 48.7 Å². The summed E-state index contributed by atoms with van der Waals surface area (Å²) in [6, 6.07) is 5.85. The SMILES string of the molecule is CN1CCc2ccc(NC(=O)N3CCC(C(=O)O)CC3)cc21. The fraction of sp³-hybridized carbons (Fsp3) is 0.500. The molecule has 0 unspecified atom stereocenters. The number of amides is 2. The quantitative estimate of drug-likeness (QED) is 0.876. The molecule has 0 aliphatic carbocycles. The number of hydrogen-bond donors (Lipinski definition) is 2. The standard InChI is InChI=1S/C16H21N3O3/c1-18-7-4-11-2-3-13(10-14(11)18)17-16(22)19-8-5-12(6-9-19)15(20)21/h2-3,10,12H,4-9H2,1H3,(H,17,22)(H,20,21). The smallest absolute Gasteiger partial charge is 0.321 e. The number of urea groups is 1. The van der Waals surface area contributed by atoms with Crippen molar-refractivity contribution in [2.24, 2.45) is 5.92 Å². The minimum atomic E-state index is -0.762. The van der Waals surface area contributed by atoms with Crippen LogP contribution in [0.15, 0.2) is 18.2 Å². The monoisotopic (exact) mass is 303 g/mol. The molecule has 0 saturated carbocycles. The van der Waals surface area contributed by atoms with Crippen molar-refractivity contribution in [2.45, 2.75) is 19.3 Å². The Balaban J connectivity index is 1.61. The maximum Gasteiger partial charge on any atom is 0.321 e. The molecule has 1 aromatic rings. The Bertz CT molecular complexity index is 594. The highest BCUT2D eigenvalue weighted by molar-refractivity contribution is 5.90. The van der Waals surface area contributed by atoms with Gasteiger partial charge in [0.1, 0.15) is 0 Å². The summed E-state index contributed by atoms with van der Waals surface area (Å²) in [5.41, 5.74) is 3.27. The van der Waals surface area contributed by atoms with E-state index in [1.807, 2.05) is 19.2 Å². The predicted molar refractivity (Wildman–Crippen MR) is 84.4 cm³/mol. The number of aliphatic carboxylic acids is 1. The van der Waals surface area contributed by atoms with Crippen molar-refractivity contribution in [2.75, 3.05) is 36.9 Å². The number of nitrogens with one attached hydrogen (secondary N) is 1. The maximum atomic E-state index is 12.3. The predicted octanol–water partition coefficient (Wildman–Crippen LogP) is 2.01. The molecule has 0 bridgehead atoms. The van der Waals surface area contributed by atoms with E-state index in [-0.39, 0.29) is 11.9 Å². The zero-order chi connectivity index (χ0) is 15.7. The molecule has 2 aliphatic rings. The van der Waals surface area contributed by atoms with Crippen LogP contribution >= 0.6 is 0 Å². The van der Waals surface area contributed by atoms with Gasteiger partial charge >= 0.3 is 12.0 Å². The highest BCUT2D eigenvalue weighted by Gasteiger charge is 2.27. The van der Waals surface area contributed by atoms with Crippen LogP contribution in [0.25, 0.3) is 0 Å². The number of hydrogen-bond acceptors (Lipinski definition) is 3. The molecular weight excluding hydrogens is 282 g/mol. The third kappa shape index (κ3) is 2.86. The van der Waals surface area contributed by atoms with E-state index in [1.165, 1.54) is 11.3 Å². The molecule has 6 nitrogen and oxygen atoms in total. The molecule has 3 rings (SSSR count). The zero-order valence-corrected chi connectivity index (χ0v) is 12.7. The fourth-order valence-corrected chi connectivity index (χ4v) is 3.15. The lowest BCUT2D eigenvalue weighted by molar-refractivity contribution is -0.143. The van der Waals surface area contributed by atoms with Crippen LogP contribution in [0.2, 0.25) is 0 Å². The van der Waals surface area contributed by atoms with Crippen molar-refractivity contribution in [3.8, 4) is 0 Å². The van der Waals surface area contributed by atoms with Gasteiger partial charge in [0, 0.05) is 38.1 Å². The number of carbonyl (C=O) groups is 2. The Morgan fingerprint density at radius 1 is 1.23 bits per heavy atom. The van der Waals surface area contributed by atoms with Crippen LogP contribution in [0.1, 0.15) is 18.4 Å². The maximum absolute atomic E-state index is 12.3. The van der Waals surface area contributed by atoms with E-state index in [1.54, 1.807) is 4.90 Å². The minimum absolute atomic E-state index is 0.149. The lowest BCUT2D eigenvalue weighted by Gasteiger charge is -2.30. The number of anilines is 2. The van der Waals surface area contributed by atoms with Crippen LogP contribution in [0.4, 0.5) is 16.2 Å². The first-order chi connectivity index (χ1) is 10.5. The molecular formula is C16H21N3O3. The molecule has 1 saturated heterocycles. The van der Waals surface area contributed by atoms with E-state index in [4.69, 9.17) is 5.11 Å². The van der Waals surface area contributed by atoms with E-state index in [9.17, 15) is 9.59 Å². The lowest BCUT2D eigenvalue weighted by atomic mass is 9.97. The number of benzene rings is 1. The molecule has 0 aromatic heterocycles. The molecule has 2 heterocycles. The first kappa shape index (κ1) is 14.7. The van der Waals surface area contributed by atoms with Gasteiger partial charge in [-0.1, -0.05) is 6.07 Å². The summed E-state index contributed by atoms with van der Waals surface area (Å²) in [6.07, 6.45) is 2.09. The second-order valence-corrected chi connectivity index (χ2v) is 6.04. The number of carboxylic acid groups (broad SMARTS) is 1. The molecule has 1 aromatic carbocycles. The second-order valence-electron chi connectivity index (χ2n) is 6.04. The molecule has 22 heavy (non-hydrogen) atoms. The summed E-state index contributed by atoms with van der Waals surface area (Å²) in [5, 5.41) is 11.9. The largest absolute Gasteiger partial charge is 0.481 e. The molecule has 0 spiro atoms. The van der Waals surface area contributed by atoms with Crippen molar-refractivity contribution in [3.63, 3.8) is 0 Å². The molecule has 1 fully saturated rings. The van der Waals surface area contributed by atoms with Gasteiger partial charge in [0.05, 0.1) is 5.92 Å². The molecule has 2 aliphatic heterocycles. The third-order valence-electron chi connectivity index (χ3n) is 4.60. The zero-order valence-electron chi connectivity index (χ0n) is 12.7. The number of likely N-dealkylation sites (tertiary alicyclic amines) is 1. The van der Waals surface area contributed by atoms with Crippen LogP contribution in [-0.2, 0) is 11.2 Å². The van der Waals surface area contributed by atoms with Crippen molar-refractivity contribution in [3.05, 3.63) is 23.8 Å². The first-order valence-corrected chi connectivity index (χ1v) is 7.67.